The molecule has 1 aromatic rings. The van der Waals surface area contributed by atoms with Gasteiger partial charge >= 0.3 is 0 Å². The fourth-order valence-corrected chi connectivity index (χ4v) is 2.63. The van der Waals surface area contributed by atoms with Gasteiger partial charge in [-0.15, -0.1) is 0 Å². The highest BCUT2D eigenvalue weighted by Crippen LogP contribution is 2.20. The minimum absolute atomic E-state index is 0.00565. The highest BCUT2D eigenvalue weighted by Gasteiger charge is 2.35. The zero-order chi connectivity index (χ0) is 13.9. The zero-order valence-corrected chi connectivity index (χ0v) is 11.9. The molecule has 1 aromatic carbocycles. The van der Waals surface area contributed by atoms with E-state index >= 15 is 0 Å². The minimum Gasteiger partial charge on any atom is -0.325 e. The molecule has 4 nitrogen and oxygen atoms in total. The van der Waals surface area contributed by atoms with Crippen LogP contribution in [0.4, 0.5) is 5.69 Å². The molecule has 2 rings (SSSR count). The number of anilines is 1. The van der Waals surface area contributed by atoms with Gasteiger partial charge in [0.25, 0.3) is 0 Å². The predicted octanol–water partition coefficient (Wildman–Crippen LogP) is 1.70. The molecule has 104 valence electrons. The monoisotopic (exact) mass is 261 g/mol. The number of rotatable bonds is 3. The summed E-state index contributed by atoms with van der Waals surface area (Å²) in [6.07, 6.45) is 0. The topological polar surface area (TPSA) is 44.4 Å². The second-order valence-electron chi connectivity index (χ2n) is 5.71. The van der Waals surface area contributed by atoms with E-state index in [9.17, 15) is 4.79 Å². The summed E-state index contributed by atoms with van der Waals surface area (Å²) in [6, 6.07) is 9.49. The van der Waals surface area contributed by atoms with E-state index in [1.807, 2.05) is 37.3 Å². The summed E-state index contributed by atoms with van der Waals surface area (Å²) in [5, 5.41) is 6.35. The van der Waals surface area contributed by atoms with E-state index in [2.05, 4.69) is 29.4 Å². The number of hydrogen-bond acceptors (Lipinski definition) is 3. The molecule has 0 radical (unpaired) electrons. The Morgan fingerprint density at radius 1 is 1.37 bits per heavy atom. The quantitative estimate of drug-likeness (QED) is 0.870. The molecular formula is C15H23N3O. The highest BCUT2D eigenvalue weighted by atomic mass is 16.2. The number of carbonyl (C=O) groups excluding carboxylic acids is 1. The van der Waals surface area contributed by atoms with Crippen molar-refractivity contribution in [2.24, 2.45) is 0 Å². The van der Waals surface area contributed by atoms with E-state index in [-0.39, 0.29) is 17.5 Å². The van der Waals surface area contributed by atoms with Crippen molar-refractivity contribution in [1.29, 1.82) is 0 Å². The van der Waals surface area contributed by atoms with Crippen LogP contribution in [0.15, 0.2) is 30.3 Å². The number of carbonyl (C=O) groups is 1. The molecule has 4 heteroatoms. The number of para-hydroxylation sites is 1. The molecule has 1 aliphatic heterocycles. The van der Waals surface area contributed by atoms with Crippen LogP contribution in [-0.4, -0.2) is 42.0 Å². The first-order valence-corrected chi connectivity index (χ1v) is 6.84. The van der Waals surface area contributed by atoms with Crippen LogP contribution in [0.2, 0.25) is 0 Å². The molecule has 1 fully saturated rings. The van der Waals surface area contributed by atoms with Crippen LogP contribution in [0.25, 0.3) is 0 Å². The molecule has 0 spiro atoms. The largest absolute Gasteiger partial charge is 0.325 e. The Labute approximate surface area is 115 Å². The fourth-order valence-electron chi connectivity index (χ4n) is 2.63. The number of piperazine rings is 1. The third kappa shape index (κ3) is 3.33. The number of benzene rings is 1. The maximum atomic E-state index is 12.3. The summed E-state index contributed by atoms with van der Waals surface area (Å²) in [7, 11) is 0. The van der Waals surface area contributed by atoms with Crippen molar-refractivity contribution in [3.63, 3.8) is 0 Å². The number of nitrogens with zero attached hydrogens (tertiary/aromatic N) is 1. The molecule has 0 aromatic heterocycles. The highest BCUT2D eigenvalue weighted by molar-refractivity contribution is 5.94. The first kappa shape index (κ1) is 14.0. The summed E-state index contributed by atoms with van der Waals surface area (Å²) in [6.45, 7) is 9.07. The van der Waals surface area contributed by atoms with E-state index < -0.39 is 0 Å². The maximum Gasteiger partial charge on any atom is 0.241 e. The predicted molar refractivity (Wildman–Crippen MR) is 78.2 cm³/mol. The first-order valence-electron chi connectivity index (χ1n) is 6.84. The SMILES string of the molecule is CC(C(=O)Nc1ccccc1)N1CCNCC1(C)C. The van der Waals surface area contributed by atoms with Gasteiger partial charge in [-0.05, 0) is 32.9 Å². The van der Waals surface area contributed by atoms with Gasteiger partial charge in [0.1, 0.15) is 0 Å². The van der Waals surface area contributed by atoms with Gasteiger partial charge in [-0.1, -0.05) is 18.2 Å². The third-order valence-corrected chi connectivity index (χ3v) is 3.75. The van der Waals surface area contributed by atoms with Gasteiger partial charge in [0.15, 0.2) is 0 Å². The molecular weight excluding hydrogens is 238 g/mol. The summed E-state index contributed by atoms with van der Waals surface area (Å²) >= 11 is 0. The van der Waals surface area contributed by atoms with Gasteiger partial charge in [-0.2, -0.15) is 0 Å². The normalized spacial score (nSPS) is 20.8. The minimum atomic E-state index is -0.127. The van der Waals surface area contributed by atoms with Crippen LogP contribution in [0, 0.1) is 0 Å². The lowest BCUT2D eigenvalue weighted by atomic mass is 9.97. The van der Waals surface area contributed by atoms with Gasteiger partial charge in [-0.25, -0.2) is 0 Å². The second kappa shape index (κ2) is 5.72. The average Bonchev–Trinajstić information content (AvgIpc) is 2.38. The summed E-state index contributed by atoms with van der Waals surface area (Å²) in [4.78, 5) is 14.6. The lowest BCUT2D eigenvalue weighted by Gasteiger charge is -2.45. The average molecular weight is 261 g/mol. The van der Waals surface area contributed by atoms with Crippen LogP contribution in [-0.2, 0) is 4.79 Å². The van der Waals surface area contributed by atoms with Gasteiger partial charge < -0.3 is 10.6 Å². The first-order chi connectivity index (χ1) is 9.00. The summed E-state index contributed by atoms with van der Waals surface area (Å²) < 4.78 is 0. The molecule has 2 N–H and O–H groups in total. The number of hydrogen-bond donors (Lipinski definition) is 2. The molecule has 1 aliphatic rings. The summed E-state index contributed by atoms with van der Waals surface area (Å²) in [5.41, 5.74) is 0.860. The Bertz CT molecular complexity index is 430. The smallest absolute Gasteiger partial charge is 0.241 e. The van der Waals surface area contributed by atoms with E-state index in [1.165, 1.54) is 0 Å². The molecule has 1 atom stereocenters. The molecule has 1 amide bonds. The van der Waals surface area contributed by atoms with Crippen LogP contribution in [0.5, 0.6) is 0 Å². The lowest BCUT2D eigenvalue weighted by Crippen LogP contribution is -2.62. The van der Waals surface area contributed by atoms with Crippen molar-refractivity contribution in [2.75, 3.05) is 25.0 Å². The zero-order valence-electron chi connectivity index (χ0n) is 11.9. The van der Waals surface area contributed by atoms with Crippen LogP contribution >= 0.6 is 0 Å². The molecule has 19 heavy (non-hydrogen) atoms. The Balaban J connectivity index is 2.02. The summed E-state index contributed by atoms with van der Waals surface area (Å²) in [5.74, 6) is 0.0566. The van der Waals surface area contributed by atoms with Crippen molar-refractivity contribution in [2.45, 2.75) is 32.4 Å². The Kier molecular flexibility index (Phi) is 4.22. The van der Waals surface area contributed by atoms with Crippen LogP contribution in [0.3, 0.4) is 0 Å². The molecule has 0 saturated carbocycles. The van der Waals surface area contributed by atoms with Crippen LogP contribution < -0.4 is 10.6 Å². The van der Waals surface area contributed by atoms with E-state index in [4.69, 9.17) is 0 Å². The fraction of sp³-hybridized carbons (Fsp3) is 0.533. The Hall–Kier alpha value is -1.39. The van der Waals surface area contributed by atoms with Crippen LogP contribution in [0.1, 0.15) is 20.8 Å². The molecule has 1 saturated heterocycles. The lowest BCUT2D eigenvalue weighted by molar-refractivity contribution is -0.123. The van der Waals surface area contributed by atoms with Crippen molar-refractivity contribution >= 4 is 11.6 Å². The Morgan fingerprint density at radius 2 is 2.05 bits per heavy atom. The van der Waals surface area contributed by atoms with E-state index in [0.29, 0.717) is 0 Å². The number of amides is 1. The van der Waals surface area contributed by atoms with Crippen molar-refractivity contribution < 1.29 is 4.79 Å². The van der Waals surface area contributed by atoms with Crippen molar-refractivity contribution in [3.05, 3.63) is 30.3 Å². The van der Waals surface area contributed by atoms with E-state index in [1.54, 1.807) is 0 Å². The van der Waals surface area contributed by atoms with Gasteiger partial charge in [0, 0.05) is 30.9 Å². The van der Waals surface area contributed by atoms with Crippen molar-refractivity contribution in [3.8, 4) is 0 Å². The van der Waals surface area contributed by atoms with Gasteiger partial charge in [0.2, 0.25) is 5.91 Å². The maximum absolute atomic E-state index is 12.3. The molecule has 0 aliphatic carbocycles. The third-order valence-electron chi connectivity index (χ3n) is 3.75. The number of nitrogens with one attached hydrogen (secondary N) is 2. The molecule has 1 heterocycles. The van der Waals surface area contributed by atoms with Gasteiger partial charge in [0.05, 0.1) is 6.04 Å². The van der Waals surface area contributed by atoms with Gasteiger partial charge in [-0.3, -0.25) is 9.69 Å². The Morgan fingerprint density at radius 3 is 2.68 bits per heavy atom. The van der Waals surface area contributed by atoms with E-state index in [0.717, 1.165) is 25.3 Å². The molecule has 0 bridgehead atoms. The standard InChI is InChI=1S/C15H23N3O/c1-12(18-10-9-16-11-15(18,2)3)14(19)17-13-7-5-4-6-8-13/h4-8,12,16H,9-11H2,1-3H3,(H,17,19). The second-order valence-corrected chi connectivity index (χ2v) is 5.71. The molecule has 1 unspecified atom stereocenters. The van der Waals surface area contributed by atoms with Crippen molar-refractivity contribution in [1.82, 2.24) is 10.2 Å².